The maximum atomic E-state index is 13.3. The smallest absolute Gasteiger partial charge is 0.308 e. The van der Waals surface area contributed by atoms with Gasteiger partial charge in [0.2, 0.25) is 0 Å². The van der Waals surface area contributed by atoms with Gasteiger partial charge in [0.1, 0.15) is 39.6 Å². The largest absolute Gasteiger partial charge is 0.465 e. The first kappa shape index (κ1) is 75.2. The Labute approximate surface area is 521 Å². The second kappa shape index (κ2) is 46.7. The number of ether oxygens (including phenoxy) is 6. The molecular formula is C71H125NO14. The average Bonchev–Trinajstić information content (AvgIpc) is 3.58. The lowest BCUT2D eigenvalue weighted by atomic mass is 9.80. The molecule has 0 spiro atoms. The van der Waals surface area contributed by atoms with Crippen LogP contribution in [0.5, 0.6) is 0 Å². The van der Waals surface area contributed by atoms with E-state index in [1.807, 2.05) is 0 Å². The van der Waals surface area contributed by atoms with Crippen LogP contribution in [0.3, 0.4) is 0 Å². The molecule has 1 atom stereocenters. The number of aliphatic hydroxyl groups excluding tert-OH is 2. The van der Waals surface area contributed by atoms with Gasteiger partial charge in [-0.2, -0.15) is 0 Å². The van der Waals surface area contributed by atoms with Crippen molar-refractivity contribution in [2.45, 2.75) is 291 Å². The summed E-state index contributed by atoms with van der Waals surface area (Å²) in [4.78, 5) is 81.4. The second-order valence-electron chi connectivity index (χ2n) is 27.2. The molecule has 0 aliphatic heterocycles. The van der Waals surface area contributed by atoms with Crippen LogP contribution in [0.15, 0.2) is 0 Å². The molecule has 4 aliphatic rings. The average molecular weight is 1220 g/mol. The molecule has 86 heavy (non-hydrogen) atoms. The number of carbonyl (C=O) groups is 6. The summed E-state index contributed by atoms with van der Waals surface area (Å²) in [5.41, 5.74) is 0. The molecule has 4 aliphatic carbocycles. The number of hydrogen-bond acceptors (Lipinski definition) is 15. The fraction of sp³-hybridized carbons (Fsp3) is 0.915. The van der Waals surface area contributed by atoms with Gasteiger partial charge in [-0.3, -0.25) is 28.8 Å². The Kier molecular flexibility index (Phi) is 40.8. The van der Waals surface area contributed by atoms with Gasteiger partial charge >= 0.3 is 35.8 Å². The number of hydrogen-bond donors (Lipinski definition) is 2. The van der Waals surface area contributed by atoms with Crippen LogP contribution >= 0.6 is 0 Å². The Morgan fingerprint density at radius 2 is 0.628 bits per heavy atom. The van der Waals surface area contributed by atoms with Crippen molar-refractivity contribution in [2.24, 2.45) is 59.2 Å². The van der Waals surface area contributed by atoms with E-state index in [4.69, 9.17) is 28.4 Å². The van der Waals surface area contributed by atoms with Crippen LogP contribution in [0.4, 0.5) is 0 Å². The highest BCUT2D eigenvalue weighted by atomic mass is 16.6. The van der Waals surface area contributed by atoms with E-state index in [0.29, 0.717) is 56.1 Å². The molecule has 0 aromatic heterocycles. The lowest BCUT2D eigenvalue weighted by Crippen LogP contribution is -2.35. The number of rotatable bonds is 47. The molecule has 0 heterocycles. The number of unbranched alkanes of at least 4 members (excludes halogenated alkanes) is 12. The highest BCUT2D eigenvalue weighted by Gasteiger charge is 2.33. The van der Waals surface area contributed by atoms with E-state index < -0.39 is 17.9 Å². The van der Waals surface area contributed by atoms with Gasteiger partial charge in [0.05, 0.1) is 48.2 Å². The lowest BCUT2D eigenvalue weighted by Gasteiger charge is -2.28. The van der Waals surface area contributed by atoms with Gasteiger partial charge in [0.15, 0.2) is 0 Å². The first-order valence-electron chi connectivity index (χ1n) is 35.8. The van der Waals surface area contributed by atoms with Gasteiger partial charge in [0.25, 0.3) is 0 Å². The fourth-order valence-corrected chi connectivity index (χ4v) is 13.8. The van der Waals surface area contributed by atoms with Crippen molar-refractivity contribution < 1.29 is 67.4 Å². The Morgan fingerprint density at radius 3 is 0.884 bits per heavy atom. The quantitative estimate of drug-likeness (QED) is 0.0331. The predicted molar refractivity (Wildman–Crippen MR) is 338 cm³/mol. The van der Waals surface area contributed by atoms with E-state index in [1.165, 1.54) is 103 Å². The number of carbonyl (C=O) groups excluding carboxylic acids is 6. The van der Waals surface area contributed by atoms with Crippen LogP contribution in [-0.2, 0) is 57.2 Å². The molecule has 0 radical (unpaired) electrons. The van der Waals surface area contributed by atoms with Crippen molar-refractivity contribution in [3.05, 3.63) is 0 Å². The molecule has 0 aromatic rings. The fourth-order valence-electron chi connectivity index (χ4n) is 13.8. The van der Waals surface area contributed by atoms with E-state index in [1.54, 1.807) is 0 Å². The summed E-state index contributed by atoms with van der Waals surface area (Å²) in [7, 11) is 0. The van der Waals surface area contributed by atoms with Crippen molar-refractivity contribution in [2.75, 3.05) is 65.9 Å². The third-order valence-corrected chi connectivity index (χ3v) is 19.8. The summed E-state index contributed by atoms with van der Waals surface area (Å²) in [6.45, 7) is 10.2. The molecule has 4 fully saturated rings. The van der Waals surface area contributed by atoms with Crippen LogP contribution in [0, 0.1) is 59.2 Å². The predicted octanol–water partition coefficient (Wildman–Crippen LogP) is 14.8. The summed E-state index contributed by atoms with van der Waals surface area (Å²) >= 11 is 0. The number of esters is 6. The normalized spacial score (nSPS) is 23.6. The van der Waals surface area contributed by atoms with Crippen molar-refractivity contribution in [1.82, 2.24) is 4.90 Å². The molecule has 498 valence electrons. The van der Waals surface area contributed by atoms with Crippen LogP contribution in [-0.4, -0.2) is 123 Å². The molecule has 4 saturated carbocycles. The van der Waals surface area contributed by atoms with E-state index in [2.05, 4.69) is 32.6 Å². The van der Waals surface area contributed by atoms with Crippen LogP contribution in [0.2, 0.25) is 0 Å². The first-order valence-corrected chi connectivity index (χ1v) is 35.8. The zero-order valence-electron chi connectivity index (χ0n) is 54.9. The zero-order chi connectivity index (χ0) is 62.0. The molecule has 0 bridgehead atoms. The number of aliphatic hydroxyl groups is 2. The molecule has 4 rings (SSSR count). The molecule has 0 saturated heterocycles. The van der Waals surface area contributed by atoms with Gasteiger partial charge in [-0.15, -0.1) is 0 Å². The summed E-state index contributed by atoms with van der Waals surface area (Å²) in [6.07, 6.45) is 38.4. The molecule has 15 heteroatoms. The standard InChI is InChI=1S/C71H125NO14/c1-5-9-15-23-55-29-37-61(38-30-55)68(77)83-51-59(52-84-69(78)62-39-31-56(32-40-62)24-16-10-6-2)49-81-66(75)27-19-13-21-45-72(47-65(74)48-73)46-22-14-20-28-67(76)82-50-60(53-85-70(79)63-41-33-57(34-42-63)25-17-11-7-3)54-86-71(80)64-43-35-58(36-44-64)26-18-12-8-4/h55-65,73-74H,5-54H2,1-4H3/t55?,56?,57?,58?,59?,60?,61?,62?,63?,64?,65-/m0/s1. The number of nitrogens with zero attached hydrogens (tertiary/aromatic N) is 1. The highest BCUT2D eigenvalue weighted by Crippen LogP contribution is 2.37. The van der Waals surface area contributed by atoms with Crippen molar-refractivity contribution in [3.63, 3.8) is 0 Å². The van der Waals surface area contributed by atoms with E-state index >= 15 is 0 Å². The molecule has 15 nitrogen and oxygen atoms in total. The summed E-state index contributed by atoms with van der Waals surface area (Å²) in [5, 5.41) is 20.0. The molecule has 0 aromatic carbocycles. The van der Waals surface area contributed by atoms with E-state index in [0.717, 1.165) is 128 Å². The van der Waals surface area contributed by atoms with Crippen molar-refractivity contribution >= 4 is 35.8 Å². The van der Waals surface area contributed by atoms with Gasteiger partial charge in [0, 0.05) is 19.4 Å². The maximum absolute atomic E-state index is 13.3. The summed E-state index contributed by atoms with van der Waals surface area (Å²) in [6, 6.07) is 0. The topological polar surface area (TPSA) is 201 Å². The van der Waals surface area contributed by atoms with Crippen molar-refractivity contribution in [3.8, 4) is 0 Å². The molecule has 0 amide bonds. The highest BCUT2D eigenvalue weighted by molar-refractivity contribution is 5.74. The zero-order valence-corrected chi connectivity index (χ0v) is 54.9. The molecule has 0 unspecified atom stereocenters. The van der Waals surface area contributed by atoms with Crippen LogP contribution in [0.1, 0.15) is 285 Å². The Morgan fingerprint density at radius 1 is 0.360 bits per heavy atom. The van der Waals surface area contributed by atoms with Gasteiger partial charge in [-0.25, -0.2) is 0 Å². The van der Waals surface area contributed by atoms with Crippen LogP contribution in [0.25, 0.3) is 0 Å². The van der Waals surface area contributed by atoms with Gasteiger partial charge in [-0.05, 0) is 165 Å². The maximum Gasteiger partial charge on any atom is 0.308 e. The second-order valence-corrected chi connectivity index (χ2v) is 27.2. The minimum Gasteiger partial charge on any atom is -0.465 e. The third kappa shape index (κ3) is 33.0. The summed E-state index contributed by atoms with van der Waals surface area (Å²) < 4.78 is 34.9. The molecule has 2 N–H and O–H groups in total. The van der Waals surface area contributed by atoms with Crippen LogP contribution < -0.4 is 0 Å². The minimum absolute atomic E-state index is 0.00679. The van der Waals surface area contributed by atoms with Gasteiger partial charge < -0.3 is 43.5 Å². The lowest BCUT2D eigenvalue weighted by molar-refractivity contribution is -0.161. The third-order valence-electron chi connectivity index (χ3n) is 19.8. The monoisotopic (exact) mass is 1220 g/mol. The SMILES string of the molecule is CCCCCC1CCC(C(=O)OCC(COC(=O)CCCCCN(CCCCCC(=O)OCC(COC(=O)C2CCC(CCCCC)CC2)COC(=O)C2CCC(CCCCC)CC2)C[C@H](O)CO)COC(=O)C2CCC(CCCCC)CC2)CC1. The van der Waals surface area contributed by atoms with E-state index in [-0.39, 0.29) is 119 Å². The van der Waals surface area contributed by atoms with Crippen molar-refractivity contribution in [1.29, 1.82) is 0 Å². The summed E-state index contributed by atoms with van der Waals surface area (Å²) in [5.74, 6) is -0.300. The van der Waals surface area contributed by atoms with E-state index in [9.17, 15) is 39.0 Å². The van der Waals surface area contributed by atoms with Gasteiger partial charge in [-0.1, -0.05) is 143 Å². The minimum atomic E-state index is -0.894. The first-order chi connectivity index (χ1) is 41.8. The Balaban J connectivity index is 1.17. The Bertz CT molecular complexity index is 1580. The Hall–Kier alpha value is -3.30. The molecular weight excluding hydrogens is 1090 g/mol.